The molecule has 1 aromatic carbocycles. The molecule has 1 atom stereocenters. The van der Waals surface area contributed by atoms with Crippen LogP contribution in [-0.2, 0) is 4.79 Å². The van der Waals surface area contributed by atoms with Crippen molar-refractivity contribution in [3.05, 3.63) is 29.8 Å². The van der Waals surface area contributed by atoms with Gasteiger partial charge in [0, 0.05) is 6.07 Å². The molecule has 0 bridgehead atoms. The Hall–Kier alpha value is -1.69. The van der Waals surface area contributed by atoms with E-state index < -0.39 is 23.1 Å². The van der Waals surface area contributed by atoms with Gasteiger partial charge in [0.2, 0.25) is 0 Å². The first-order valence-electron chi connectivity index (χ1n) is 5.95. The van der Waals surface area contributed by atoms with E-state index in [1.165, 1.54) is 6.92 Å². The highest BCUT2D eigenvalue weighted by Gasteiger charge is 2.33. The van der Waals surface area contributed by atoms with Gasteiger partial charge >= 0.3 is 5.97 Å². The summed E-state index contributed by atoms with van der Waals surface area (Å²) in [7, 11) is 0. The number of benzene rings is 1. The third kappa shape index (κ3) is 4.17. The number of carboxylic acids is 1. The van der Waals surface area contributed by atoms with Crippen LogP contribution in [0.25, 0.3) is 0 Å². The van der Waals surface area contributed by atoms with Crippen molar-refractivity contribution in [2.75, 3.05) is 13.2 Å². The molecule has 0 amide bonds. The van der Waals surface area contributed by atoms with Crippen LogP contribution in [0.4, 0.5) is 8.78 Å². The van der Waals surface area contributed by atoms with Crippen LogP contribution in [0.5, 0.6) is 5.75 Å². The average molecular weight is 273 g/mol. The van der Waals surface area contributed by atoms with Gasteiger partial charge < -0.3 is 9.84 Å². The van der Waals surface area contributed by atoms with Crippen LogP contribution in [0.2, 0.25) is 0 Å². The van der Waals surface area contributed by atoms with E-state index in [0.29, 0.717) is 12.6 Å². The highest BCUT2D eigenvalue weighted by Crippen LogP contribution is 2.19. The average Bonchev–Trinajstić information content (AvgIpc) is 2.35. The van der Waals surface area contributed by atoms with Crippen LogP contribution in [-0.4, -0.2) is 29.8 Å². The predicted octanol–water partition coefficient (Wildman–Crippen LogP) is 2.19. The van der Waals surface area contributed by atoms with Crippen LogP contribution >= 0.6 is 0 Å². The molecule has 0 aliphatic carbocycles. The van der Waals surface area contributed by atoms with E-state index in [1.54, 1.807) is 0 Å². The molecule has 0 saturated carbocycles. The number of carbonyl (C=O) groups is 1. The molecule has 1 rings (SSSR count). The summed E-state index contributed by atoms with van der Waals surface area (Å²) in [5, 5.41) is 12.0. The largest absolute Gasteiger partial charge is 0.488 e. The van der Waals surface area contributed by atoms with Gasteiger partial charge in [-0.05, 0) is 32.0 Å². The van der Waals surface area contributed by atoms with Gasteiger partial charge in [-0.25, -0.2) is 8.78 Å². The van der Waals surface area contributed by atoms with E-state index in [2.05, 4.69) is 5.32 Å². The first-order chi connectivity index (χ1) is 8.89. The van der Waals surface area contributed by atoms with E-state index in [4.69, 9.17) is 9.84 Å². The smallest absolute Gasteiger partial charge is 0.327 e. The standard InChI is InChI=1S/C13H17F2NO3/c1-3-6-16-13(2,12(17)18)8-19-11-5-4-9(14)7-10(11)15/h4-5,7,16H,3,6,8H2,1-2H3,(H,17,18). The Balaban J connectivity index is 2.73. The molecule has 106 valence electrons. The van der Waals surface area contributed by atoms with Gasteiger partial charge in [-0.15, -0.1) is 0 Å². The van der Waals surface area contributed by atoms with Crippen LogP contribution in [0.15, 0.2) is 18.2 Å². The minimum atomic E-state index is -1.32. The summed E-state index contributed by atoms with van der Waals surface area (Å²) in [6.07, 6.45) is 0.758. The second-order valence-electron chi connectivity index (χ2n) is 4.43. The van der Waals surface area contributed by atoms with Crippen molar-refractivity contribution < 1.29 is 23.4 Å². The Morgan fingerprint density at radius 3 is 2.68 bits per heavy atom. The Morgan fingerprint density at radius 2 is 2.16 bits per heavy atom. The SMILES string of the molecule is CCCNC(C)(COc1ccc(F)cc1F)C(=O)O. The number of hydrogen-bond donors (Lipinski definition) is 2. The first kappa shape index (κ1) is 15.4. The summed E-state index contributed by atoms with van der Waals surface area (Å²) in [4.78, 5) is 11.2. The number of ether oxygens (including phenoxy) is 1. The lowest BCUT2D eigenvalue weighted by Gasteiger charge is -2.26. The monoisotopic (exact) mass is 273 g/mol. The zero-order valence-corrected chi connectivity index (χ0v) is 10.9. The third-order valence-electron chi connectivity index (χ3n) is 2.65. The molecule has 0 radical (unpaired) electrons. The minimum absolute atomic E-state index is 0.174. The Kier molecular flexibility index (Phi) is 5.23. The number of aliphatic carboxylic acids is 1. The number of nitrogens with one attached hydrogen (secondary N) is 1. The van der Waals surface area contributed by atoms with Crippen molar-refractivity contribution in [1.82, 2.24) is 5.32 Å². The maximum absolute atomic E-state index is 13.3. The molecule has 0 heterocycles. The van der Waals surface area contributed by atoms with E-state index in [0.717, 1.165) is 18.6 Å². The van der Waals surface area contributed by atoms with Crippen LogP contribution < -0.4 is 10.1 Å². The molecule has 2 N–H and O–H groups in total. The van der Waals surface area contributed by atoms with E-state index >= 15 is 0 Å². The fraction of sp³-hybridized carbons (Fsp3) is 0.462. The quantitative estimate of drug-likeness (QED) is 0.799. The van der Waals surface area contributed by atoms with Crippen molar-refractivity contribution in [1.29, 1.82) is 0 Å². The second kappa shape index (κ2) is 6.47. The zero-order valence-electron chi connectivity index (χ0n) is 10.9. The maximum atomic E-state index is 13.3. The molecule has 4 nitrogen and oxygen atoms in total. The summed E-state index contributed by atoms with van der Waals surface area (Å²) >= 11 is 0. The van der Waals surface area contributed by atoms with Gasteiger partial charge in [0.1, 0.15) is 18.0 Å². The summed E-state index contributed by atoms with van der Waals surface area (Å²) in [5.74, 6) is -2.84. The first-order valence-corrected chi connectivity index (χ1v) is 5.95. The lowest BCUT2D eigenvalue weighted by molar-refractivity contribution is -0.145. The molecule has 0 aliphatic heterocycles. The molecule has 19 heavy (non-hydrogen) atoms. The Labute approximate surface area is 110 Å². The molecule has 6 heteroatoms. The highest BCUT2D eigenvalue weighted by atomic mass is 19.1. The molecule has 0 aromatic heterocycles. The lowest BCUT2D eigenvalue weighted by atomic mass is 10.0. The summed E-state index contributed by atoms with van der Waals surface area (Å²) in [6.45, 7) is 3.59. The van der Waals surface area contributed by atoms with Gasteiger partial charge in [-0.1, -0.05) is 6.92 Å². The van der Waals surface area contributed by atoms with Crippen LogP contribution in [0.3, 0.4) is 0 Å². The van der Waals surface area contributed by atoms with Crippen molar-refractivity contribution in [3.8, 4) is 5.75 Å². The van der Waals surface area contributed by atoms with E-state index in [1.807, 2.05) is 6.92 Å². The van der Waals surface area contributed by atoms with Crippen LogP contribution in [0, 0.1) is 11.6 Å². The van der Waals surface area contributed by atoms with Gasteiger partial charge in [0.25, 0.3) is 0 Å². The molecular formula is C13H17F2NO3. The second-order valence-corrected chi connectivity index (χ2v) is 4.43. The van der Waals surface area contributed by atoms with Crippen molar-refractivity contribution in [2.45, 2.75) is 25.8 Å². The molecule has 1 aromatic rings. The summed E-state index contributed by atoms with van der Waals surface area (Å²) in [6, 6.07) is 2.87. The zero-order chi connectivity index (χ0) is 14.5. The van der Waals surface area contributed by atoms with Gasteiger partial charge in [-0.3, -0.25) is 10.1 Å². The van der Waals surface area contributed by atoms with Crippen molar-refractivity contribution >= 4 is 5.97 Å². The lowest BCUT2D eigenvalue weighted by Crippen LogP contribution is -2.54. The highest BCUT2D eigenvalue weighted by molar-refractivity contribution is 5.78. The summed E-state index contributed by atoms with van der Waals surface area (Å²) < 4.78 is 31.2. The fourth-order valence-corrected chi connectivity index (χ4v) is 1.40. The summed E-state index contributed by atoms with van der Waals surface area (Å²) in [5.41, 5.74) is -1.32. The molecule has 0 fully saturated rings. The molecular weight excluding hydrogens is 256 g/mol. The van der Waals surface area contributed by atoms with Crippen molar-refractivity contribution in [3.63, 3.8) is 0 Å². The predicted molar refractivity (Wildman–Crippen MR) is 66.2 cm³/mol. The van der Waals surface area contributed by atoms with Gasteiger partial charge in [-0.2, -0.15) is 0 Å². The van der Waals surface area contributed by atoms with E-state index in [9.17, 15) is 13.6 Å². The Morgan fingerprint density at radius 1 is 1.47 bits per heavy atom. The van der Waals surface area contributed by atoms with Crippen molar-refractivity contribution in [2.24, 2.45) is 0 Å². The topological polar surface area (TPSA) is 58.6 Å². The van der Waals surface area contributed by atoms with Gasteiger partial charge in [0.15, 0.2) is 11.6 Å². The fourth-order valence-electron chi connectivity index (χ4n) is 1.40. The van der Waals surface area contributed by atoms with E-state index in [-0.39, 0.29) is 12.4 Å². The minimum Gasteiger partial charge on any atom is -0.488 e. The third-order valence-corrected chi connectivity index (χ3v) is 2.65. The number of hydrogen-bond acceptors (Lipinski definition) is 3. The number of halogens is 2. The molecule has 0 spiro atoms. The van der Waals surface area contributed by atoms with Gasteiger partial charge in [0.05, 0.1) is 0 Å². The number of carboxylic acid groups (broad SMARTS) is 1. The van der Waals surface area contributed by atoms with Crippen LogP contribution in [0.1, 0.15) is 20.3 Å². The Bertz CT molecular complexity index is 454. The number of rotatable bonds is 7. The molecule has 0 aliphatic rings. The normalized spacial score (nSPS) is 13.9. The molecule has 1 unspecified atom stereocenters. The maximum Gasteiger partial charge on any atom is 0.327 e. The molecule has 0 saturated heterocycles.